The SMILES string of the molecule is Cc1cc(Br)cc(C(O)C(O)CNC(=O)OCc2ccccc2)c1. The van der Waals surface area contributed by atoms with E-state index in [0.717, 1.165) is 15.6 Å². The number of nitrogens with one attached hydrogen (secondary N) is 1. The Bertz CT molecular complexity index is 658. The van der Waals surface area contributed by atoms with E-state index in [1.807, 2.05) is 43.3 Å². The number of hydrogen-bond acceptors (Lipinski definition) is 4. The summed E-state index contributed by atoms with van der Waals surface area (Å²) in [6.07, 6.45) is -2.88. The fraction of sp³-hybridized carbons (Fsp3) is 0.278. The van der Waals surface area contributed by atoms with E-state index < -0.39 is 18.3 Å². The lowest BCUT2D eigenvalue weighted by Crippen LogP contribution is -2.35. The molecular formula is C18H20BrNO4. The van der Waals surface area contributed by atoms with Crippen LogP contribution in [-0.4, -0.2) is 29.0 Å². The summed E-state index contributed by atoms with van der Waals surface area (Å²) in [4.78, 5) is 11.7. The minimum Gasteiger partial charge on any atom is -0.445 e. The summed E-state index contributed by atoms with van der Waals surface area (Å²) in [7, 11) is 0. The highest BCUT2D eigenvalue weighted by atomic mass is 79.9. The van der Waals surface area contributed by atoms with E-state index in [0.29, 0.717) is 5.56 Å². The molecule has 0 aromatic heterocycles. The third kappa shape index (κ3) is 5.63. The van der Waals surface area contributed by atoms with Crippen LogP contribution in [0.2, 0.25) is 0 Å². The fourth-order valence-electron chi connectivity index (χ4n) is 2.23. The van der Waals surface area contributed by atoms with Gasteiger partial charge < -0.3 is 20.3 Å². The van der Waals surface area contributed by atoms with Crippen LogP contribution < -0.4 is 5.32 Å². The van der Waals surface area contributed by atoms with E-state index in [2.05, 4.69) is 21.2 Å². The predicted molar refractivity (Wildman–Crippen MR) is 94.5 cm³/mol. The monoisotopic (exact) mass is 393 g/mol. The number of halogens is 1. The lowest BCUT2D eigenvalue weighted by molar-refractivity contribution is 0.0183. The van der Waals surface area contributed by atoms with Gasteiger partial charge in [0.2, 0.25) is 0 Å². The van der Waals surface area contributed by atoms with Gasteiger partial charge in [-0.2, -0.15) is 0 Å². The van der Waals surface area contributed by atoms with Crippen LogP contribution in [0.15, 0.2) is 53.0 Å². The van der Waals surface area contributed by atoms with Gasteiger partial charge in [-0.25, -0.2) is 4.79 Å². The average Bonchev–Trinajstić information content (AvgIpc) is 2.57. The molecule has 128 valence electrons. The Morgan fingerprint density at radius 3 is 2.58 bits per heavy atom. The van der Waals surface area contributed by atoms with Gasteiger partial charge in [0.05, 0.1) is 0 Å². The van der Waals surface area contributed by atoms with Crippen molar-refractivity contribution in [2.45, 2.75) is 25.7 Å². The Kier molecular flexibility index (Phi) is 6.78. The summed E-state index contributed by atoms with van der Waals surface area (Å²) < 4.78 is 5.87. The van der Waals surface area contributed by atoms with E-state index >= 15 is 0 Å². The van der Waals surface area contributed by atoms with Gasteiger partial charge in [-0.1, -0.05) is 52.3 Å². The summed E-state index contributed by atoms with van der Waals surface area (Å²) in [5.74, 6) is 0. The van der Waals surface area contributed by atoms with Crippen LogP contribution in [0.25, 0.3) is 0 Å². The summed E-state index contributed by atoms with van der Waals surface area (Å²) in [6.45, 7) is 1.93. The van der Waals surface area contributed by atoms with Crippen LogP contribution in [0.4, 0.5) is 4.79 Å². The second-order valence-corrected chi connectivity index (χ2v) is 6.43. The van der Waals surface area contributed by atoms with Crippen molar-refractivity contribution >= 4 is 22.0 Å². The first-order valence-electron chi connectivity index (χ1n) is 7.53. The maximum atomic E-state index is 11.7. The molecule has 0 aliphatic rings. The molecular weight excluding hydrogens is 374 g/mol. The quantitative estimate of drug-likeness (QED) is 0.704. The highest BCUT2D eigenvalue weighted by molar-refractivity contribution is 9.10. The number of rotatable bonds is 6. The minimum atomic E-state index is -1.14. The van der Waals surface area contributed by atoms with Crippen LogP contribution in [0.5, 0.6) is 0 Å². The number of aliphatic hydroxyl groups is 2. The molecule has 0 radical (unpaired) electrons. The van der Waals surface area contributed by atoms with Gasteiger partial charge in [-0.15, -0.1) is 0 Å². The molecule has 5 nitrogen and oxygen atoms in total. The highest BCUT2D eigenvalue weighted by Gasteiger charge is 2.20. The average molecular weight is 394 g/mol. The topological polar surface area (TPSA) is 78.8 Å². The van der Waals surface area contributed by atoms with Gasteiger partial charge >= 0.3 is 6.09 Å². The lowest BCUT2D eigenvalue weighted by Gasteiger charge is -2.19. The summed E-state index contributed by atoms with van der Waals surface area (Å²) in [5.41, 5.74) is 2.41. The summed E-state index contributed by atoms with van der Waals surface area (Å²) in [6, 6.07) is 14.7. The Hall–Kier alpha value is -1.89. The fourth-order valence-corrected chi connectivity index (χ4v) is 2.86. The van der Waals surface area contributed by atoms with Gasteiger partial charge in [0, 0.05) is 11.0 Å². The number of aryl methyl sites for hydroxylation is 1. The van der Waals surface area contributed by atoms with Crippen molar-refractivity contribution in [2.24, 2.45) is 0 Å². The molecule has 2 aromatic carbocycles. The van der Waals surface area contributed by atoms with Crippen LogP contribution in [0, 0.1) is 6.92 Å². The maximum absolute atomic E-state index is 11.7. The first-order valence-corrected chi connectivity index (χ1v) is 8.33. The molecule has 2 aromatic rings. The van der Waals surface area contributed by atoms with E-state index in [4.69, 9.17) is 4.74 Å². The largest absolute Gasteiger partial charge is 0.445 e. The zero-order valence-electron chi connectivity index (χ0n) is 13.3. The number of aliphatic hydroxyl groups excluding tert-OH is 2. The summed E-state index contributed by atoms with van der Waals surface area (Å²) >= 11 is 3.35. The number of carbonyl (C=O) groups excluding carboxylic acids is 1. The standard InChI is InChI=1S/C18H20BrNO4/c1-12-7-14(9-15(19)8-12)17(22)16(21)10-20-18(23)24-11-13-5-3-2-4-6-13/h2-9,16-17,21-22H,10-11H2,1H3,(H,20,23). The Labute approximate surface area is 149 Å². The van der Waals surface area contributed by atoms with Crippen LogP contribution in [-0.2, 0) is 11.3 Å². The van der Waals surface area contributed by atoms with E-state index in [9.17, 15) is 15.0 Å². The molecule has 0 spiro atoms. The highest BCUT2D eigenvalue weighted by Crippen LogP contribution is 2.22. The molecule has 0 aliphatic heterocycles. The second kappa shape index (κ2) is 8.82. The molecule has 6 heteroatoms. The molecule has 0 saturated heterocycles. The molecule has 1 amide bonds. The van der Waals surface area contributed by atoms with Gasteiger partial charge in [-0.05, 0) is 35.7 Å². The number of benzene rings is 2. The number of hydrogen-bond donors (Lipinski definition) is 3. The third-order valence-electron chi connectivity index (χ3n) is 3.44. The smallest absolute Gasteiger partial charge is 0.407 e. The molecule has 0 saturated carbocycles. The van der Waals surface area contributed by atoms with Crippen molar-refractivity contribution in [3.8, 4) is 0 Å². The van der Waals surface area contributed by atoms with Crippen LogP contribution >= 0.6 is 15.9 Å². The molecule has 2 atom stereocenters. The van der Waals surface area contributed by atoms with E-state index in [1.54, 1.807) is 12.1 Å². The molecule has 24 heavy (non-hydrogen) atoms. The molecule has 2 rings (SSSR count). The van der Waals surface area contributed by atoms with Gasteiger partial charge in [0.25, 0.3) is 0 Å². The molecule has 0 fully saturated rings. The Balaban J connectivity index is 1.81. The summed E-state index contributed by atoms with van der Waals surface area (Å²) in [5, 5.41) is 22.7. The Morgan fingerprint density at radius 1 is 1.21 bits per heavy atom. The molecule has 0 aliphatic carbocycles. The third-order valence-corrected chi connectivity index (χ3v) is 3.90. The van der Waals surface area contributed by atoms with E-state index in [1.165, 1.54) is 0 Å². The minimum absolute atomic E-state index is 0.111. The van der Waals surface area contributed by atoms with Crippen molar-refractivity contribution in [1.82, 2.24) is 5.32 Å². The first kappa shape index (κ1) is 18.4. The second-order valence-electron chi connectivity index (χ2n) is 5.52. The molecule has 0 heterocycles. The van der Waals surface area contributed by atoms with Crippen LogP contribution in [0.1, 0.15) is 22.8 Å². The number of alkyl carbamates (subject to hydrolysis) is 1. The van der Waals surface area contributed by atoms with Crippen molar-refractivity contribution in [3.63, 3.8) is 0 Å². The number of amides is 1. The van der Waals surface area contributed by atoms with Crippen LogP contribution in [0.3, 0.4) is 0 Å². The van der Waals surface area contributed by atoms with Gasteiger partial charge in [0.1, 0.15) is 18.8 Å². The van der Waals surface area contributed by atoms with Crippen molar-refractivity contribution in [1.29, 1.82) is 0 Å². The number of carbonyl (C=O) groups is 1. The Morgan fingerprint density at radius 2 is 1.92 bits per heavy atom. The normalized spacial score (nSPS) is 13.2. The molecule has 0 bridgehead atoms. The van der Waals surface area contributed by atoms with Crippen molar-refractivity contribution in [3.05, 3.63) is 69.7 Å². The zero-order chi connectivity index (χ0) is 17.5. The molecule has 2 unspecified atom stereocenters. The van der Waals surface area contributed by atoms with Gasteiger partial charge in [0.15, 0.2) is 0 Å². The zero-order valence-corrected chi connectivity index (χ0v) is 14.9. The van der Waals surface area contributed by atoms with Gasteiger partial charge in [-0.3, -0.25) is 0 Å². The maximum Gasteiger partial charge on any atom is 0.407 e. The van der Waals surface area contributed by atoms with Crippen molar-refractivity contribution < 1.29 is 19.7 Å². The van der Waals surface area contributed by atoms with E-state index in [-0.39, 0.29) is 13.2 Å². The lowest BCUT2D eigenvalue weighted by atomic mass is 10.0. The van der Waals surface area contributed by atoms with Crippen molar-refractivity contribution in [2.75, 3.05) is 6.54 Å². The first-order chi connectivity index (χ1) is 11.5. The molecule has 3 N–H and O–H groups in total. The number of ether oxygens (including phenoxy) is 1. The predicted octanol–water partition coefficient (Wildman–Crippen LogP) is 3.08.